The van der Waals surface area contributed by atoms with Crippen LogP contribution in [0.4, 0.5) is 4.39 Å². The Balaban J connectivity index is 1.85. The molecule has 0 aliphatic heterocycles. The Morgan fingerprint density at radius 3 is 2.03 bits per heavy atom. The van der Waals surface area contributed by atoms with E-state index in [1.54, 1.807) is 16.6 Å². The summed E-state index contributed by atoms with van der Waals surface area (Å²) in [5.41, 5.74) is 4.92. The summed E-state index contributed by atoms with van der Waals surface area (Å²) in [5.74, 6) is 0.219. The van der Waals surface area contributed by atoms with Gasteiger partial charge in [-0.05, 0) is 23.8 Å². The molecule has 30 heavy (non-hydrogen) atoms. The highest BCUT2D eigenvalue weighted by Crippen LogP contribution is 2.33. The van der Waals surface area contributed by atoms with E-state index in [1.807, 2.05) is 66.7 Å². The lowest BCUT2D eigenvalue weighted by molar-refractivity contribution is 0.628. The third-order valence-corrected chi connectivity index (χ3v) is 4.98. The first-order valence-electron chi connectivity index (χ1n) is 9.45. The van der Waals surface area contributed by atoms with Crippen LogP contribution in [0.3, 0.4) is 0 Å². The maximum Gasteiger partial charge on any atom is 0.182 e. The van der Waals surface area contributed by atoms with E-state index in [1.165, 1.54) is 12.1 Å². The number of hydrogen-bond donors (Lipinski definition) is 0. The van der Waals surface area contributed by atoms with E-state index in [2.05, 4.69) is 6.07 Å². The number of rotatable bonds is 3. The largest absolute Gasteiger partial charge is 0.211 e. The van der Waals surface area contributed by atoms with Crippen LogP contribution in [0.1, 0.15) is 5.56 Å². The molecule has 0 N–H and O–H groups in total. The second-order valence-corrected chi connectivity index (χ2v) is 6.84. The van der Waals surface area contributed by atoms with Crippen molar-refractivity contribution >= 4 is 5.65 Å². The number of hydrogen-bond acceptors (Lipinski definition) is 3. The molecule has 0 aliphatic carbocycles. The Hall–Kier alpha value is -4.30. The molecule has 0 fully saturated rings. The van der Waals surface area contributed by atoms with Crippen molar-refractivity contribution in [2.24, 2.45) is 0 Å². The van der Waals surface area contributed by atoms with Crippen LogP contribution >= 0.6 is 0 Å². The Kier molecular flexibility index (Phi) is 4.30. The maximum atomic E-state index is 13.5. The molecular formula is C25H15FN4. The van der Waals surface area contributed by atoms with E-state index in [0.717, 1.165) is 22.4 Å². The lowest BCUT2D eigenvalue weighted by Crippen LogP contribution is -1.99. The Bertz CT molecular complexity index is 1380. The van der Waals surface area contributed by atoms with Crippen molar-refractivity contribution in [2.45, 2.75) is 0 Å². The van der Waals surface area contributed by atoms with Crippen molar-refractivity contribution < 1.29 is 4.39 Å². The molecule has 5 rings (SSSR count). The first kappa shape index (κ1) is 17.8. The highest BCUT2D eigenvalue weighted by Gasteiger charge is 2.19. The normalized spacial score (nSPS) is 10.8. The lowest BCUT2D eigenvalue weighted by Gasteiger charge is -2.11. The zero-order chi connectivity index (χ0) is 20.5. The standard InChI is InChI=1S/C25H15FN4/c26-20-13-11-17(12-14-20)21-15-23(18-7-3-1-4-8-18)30-25(22(21)16-27)28-24(29-30)19-9-5-2-6-10-19/h1-15H. The number of aromatic nitrogens is 3. The zero-order valence-corrected chi connectivity index (χ0v) is 15.8. The first-order valence-corrected chi connectivity index (χ1v) is 9.45. The SMILES string of the molecule is N#Cc1c(-c2ccc(F)cc2)cc(-c2ccccc2)n2nc(-c3ccccc3)nc12. The van der Waals surface area contributed by atoms with Crippen LogP contribution in [-0.4, -0.2) is 14.6 Å². The second kappa shape index (κ2) is 7.26. The van der Waals surface area contributed by atoms with E-state index < -0.39 is 0 Å². The van der Waals surface area contributed by atoms with Gasteiger partial charge in [-0.1, -0.05) is 72.8 Å². The van der Waals surface area contributed by atoms with Crippen LogP contribution in [0.25, 0.3) is 39.4 Å². The number of benzene rings is 3. The van der Waals surface area contributed by atoms with Gasteiger partial charge in [0.1, 0.15) is 17.4 Å². The second-order valence-electron chi connectivity index (χ2n) is 6.84. The third-order valence-electron chi connectivity index (χ3n) is 4.98. The Morgan fingerprint density at radius 2 is 1.40 bits per heavy atom. The molecule has 0 bridgehead atoms. The molecule has 0 unspecified atom stereocenters. The van der Waals surface area contributed by atoms with Gasteiger partial charge in [0.25, 0.3) is 0 Å². The summed E-state index contributed by atoms with van der Waals surface area (Å²) in [5, 5.41) is 14.7. The van der Waals surface area contributed by atoms with Gasteiger partial charge in [-0.2, -0.15) is 5.26 Å². The van der Waals surface area contributed by atoms with Crippen LogP contribution in [0.5, 0.6) is 0 Å². The van der Waals surface area contributed by atoms with Crippen molar-refractivity contribution in [1.82, 2.24) is 14.6 Å². The summed E-state index contributed by atoms with van der Waals surface area (Å²) >= 11 is 0. The molecule has 2 heterocycles. The maximum absolute atomic E-state index is 13.5. The fraction of sp³-hybridized carbons (Fsp3) is 0. The van der Waals surface area contributed by atoms with Gasteiger partial charge in [-0.25, -0.2) is 13.9 Å². The molecule has 5 aromatic rings. The van der Waals surface area contributed by atoms with Gasteiger partial charge in [0, 0.05) is 16.7 Å². The molecule has 2 aromatic heterocycles. The van der Waals surface area contributed by atoms with E-state index in [0.29, 0.717) is 22.6 Å². The van der Waals surface area contributed by atoms with Gasteiger partial charge in [-0.3, -0.25) is 0 Å². The monoisotopic (exact) mass is 390 g/mol. The average Bonchev–Trinajstić information content (AvgIpc) is 3.25. The minimum absolute atomic E-state index is 0.324. The van der Waals surface area contributed by atoms with Crippen LogP contribution in [0.2, 0.25) is 0 Å². The van der Waals surface area contributed by atoms with Crippen LogP contribution in [-0.2, 0) is 0 Å². The number of halogens is 1. The van der Waals surface area contributed by atoms with Crippen molar-refractivity contribution in [3.63, 3.8) is 0 Å². The first-order chi connectivity index (χ1) is 14.7. The summed E-state index contributed by atoms with van der Waals surface area (Å²) in [4.78, 5) is 4.70. The van der Waals surface area contributed by atoms with Crippen LogP contribution in [0, 0.1) is 17.1 Å². The minimum Gasteiger partial charge on any atom is -0.211 e. The molecule has 0 aliphatic rings. The number of nitrogens with zero attached hydrogens (tertiary/aromatic N) is 4. The average molecular weight is 390 g/mol. The summed E-state index contributed by atoms with van der Waals surface area (Å²) in [6, 6.07) is 29.8. The van der Waals surface area contributed by atoms with E-state index >= 15 is 0 Å². The van der Waals surface area contributed by atoms with Gasteiger partial charge in [-0.15, -0.1) is 5.10 Å². The molecule has 0 atom stereocenters. The molecule has 0 saturated heterocycles. The third kappa shape index (κ3) is 3.01. The quantitative estimate of drug-likeness (QED) is 0.395. The molecule has 0 radical (unpaired) electrons. The topological polar surface area (TPSA) is 54.0 Å². The highest BCUT2D eigenvalue weighted by molar-refractivity contribution is 5.83. The predicted octanol–water partition coefficient (Wildman–Crippen LogP) is 5.74. The van der Waals surface area contributed by atoms with Crippen molar-refractivity contribution in [3.05, 3.63) is 102 Å². The summed E-state index contributed by atoms with van der Waals surface area (Å²) in [6.45, 7) is 0. The highest BCUT2D eigenvalue weighted by atomic mass is 19.1. The molecule has 0 amide bonds. The Labute approximate surface area is 172 Å². The van der Waals surface area contributed by atoms with E-state index in [-0.39, 0.29) is 5.82 Å². The molecule has 0 saturated carbocycles. The minimum atomic E-state index is -0.324. The molecule has 5 heteroatoms. The van der Waals surface area contributed by atoms with Crippen molar-refractivity contribution in [3.8, 4) is 39.8 Å². The fourth-order valence-electron chi connectivity index (χ4n) is 3.52. The summed E-state index contributed by atoms with van der Waals surface area (Å²) in [7, 11) is 0. The van der Waals surface area contributed by atoms with E-state index in [4.69, 9.17) is 10.1 Å². The van der Waals surface area contributed by atoms with Gasteiger partial charge in [0.2, 0.25) is 0 Å². The Morgan fingerprint density at radius 1 is 0.767 bits per heavy atom. The van der Waals surface area contributed by atoms with Gasteiger partial charge in [0.05, 0.1) is 5.69 Å². The predicted molar refractivity (Wildman–Crippen MR) is 114 cm³/mol. The van der Waals surface area contributed by atoms with E-state index in [9.17, 15) is 9.65 Å². The molecular weight excluding hydrogens is 375 g/mol. The van der Waals surface area contributed by atoms with Crippen LogP contribution < -0.4 is 0 Å². The smallest absolute Gasteiger partial charge is 0.182 e. The van der Waals surface area contributed by atoms with Gasteiger partial charge >= 0.3 is 0 Å². The van der Waals surface area contributed by atoms with Gasteiger partial charge in [0.15, 0.2) is 11.5 Å². The number of pyridine rings is 1. The summed E-state index contributed by atoms with van der Waals surface area (Å²) in [6.07, 6.45) is 0. The summed E-state index contributed by atoms with van der Waals surface area (Å²) < 4.78 is 15.2. The molecule has 4 nitrogen and oxygen atoms in total. The van der Waals surface area contributed by atoms with Crippen LogP contribution in [0.15, 0.2) is 91.0 Å². The number of nitriles is 1. The lowest BCUT2D eigenvalue weighted by atomic mass is 9.98. The molecule has 0 spiro atoms. The number of fused-ring (bicyclic) bond motifs is 1. The van der Waals surface area contributed by atoms with Crippen molar-refractivity contribution in [1.29, 1.82) is 5.26 Å². The van der Waals surface area contributed by atoms with Crippen molar-refractivity contribution in [2.75, 3.05) is 0 Å². The zero-order valence-electron chi connectivity index (χ0n) is 15.8. The fourth-order valence-corrected chi connectivity index (χ4v) is 3.52. The molecule has 142 valence electrons. The van der Waals surface area contributed by atoms with Gasteiger partial charge < -0.3 is 0 Å². The molecule has 3 aromatic carbocycles.